The largest absolute Gasteiger partial charge is 0.497 e. The van der Waals surface area contributed by atoms with Crippen LogP contribution in [0.5, 0.6) is 5.75 Å². The van der Waals surface area contributed by atoms with Gasteiger partial charge in [-0.2, -0.15) is 0 Å². The molecule has 0 saturated heterocycles. The van der Waals surface area contributed by atoms with Crippen molar-refractivity contribution in [2.24, 2.45) is 0 Å². The molecule has 2 N–H and O–H groups in total. The molecule has 0 radical (unpaired) electrons. The van der Waals surface area contributed by atoms with Crippen LogP contribution in [0.2, 0.25) is 0 Å². The predicted octanol–water partition coefficient (Wildman–Crippen LogP) is 1.00. The highest BCUT2D eigenvalue weighted by Crippen LogP contribution is 2.20. The number of amides is 1. The molecule has 0 aliphatic heterocycles. The van der Waals surface area contributed by atoms with Crippen molar-refractivity contribution in [1.29, 1.82) is 0 Å². The molecule has 0 bridgehead atoms. The van der Waals surface area contributed by atoms with Crippen molar-refractivity contribution < 1.29 is 24.2 Å². The smallest absolute Gasteiger partial charge is 0.334 e. The van der Waals surface area contributed by atoms with E-state index < -0.39 is 12.1 Å². The summed E-state index contributed by atoms with van der Waals surface area (Å²) in [6, 6.07) is 7.33. The fourth-order valence-electron chi connectivity index (χ4n) is 1.35. The van der Waals surface area contributed by atoms with Crippen LogP contribution in [0.4, 0.5) is 0 Å². The zero-order valence-electron chi connectivity index (χ0n) is 11.3. The molecule has 6 nitrogen and oxygen atoms in total. The van der Waals surface area contributed by atoms with Gasteiger partial charge < -0.3 is 19.9 Å². The summed E-state index contributed by atoms with van der Waals surface area (Å²) in [5.41, 5.74) is 0. The van der Waals surface area contributed by atoms with Gasteiger partial charge in [-0.05, 0) is 24.3 Å². The molecule has 0 heterocycles. The number of hydrogen-bond donors (Lipinski definition) is 2. The summed E-state index contributed by atoms with van der Waals surface area (Å²) in [5.74, 6) is -0.379. The Morgan fingerprint density at radius 3 is 2.45 bits per heavy atom. The number of carbonyl (C=O) groups is 2. The summed E-state index contributed by atoms with van der Waals surface area (Å²) < 4.78 is 9.75. The first-order valence-electron chi connectivity index (χ1n) is 5.86. The maximum atomic E-state index is 11.6. The number of ether oxygens (including phenoxy) is 2. The van der Waals surface area contributed by atoms with E-state index in [-0.39, 0.29) is 18.2 Å². The van der Waals surface area contributed by atoms with Crippen LogP contribution < -0.4 is 10.1 Å². The van der Waals surface area contributed by atoms with Crippen LogP contribution in [0.25, 0.3) is 0 Å². The van der Waals surface area contributed by atoms with Crippen LogP contribution in [0.15, 0.2) is 29.2 Å². The van der Waals surface area contributed by atoms with Crippen molar-refractivity contribution in [3.8, 4) is 5.75 Å². The normalized spacial score (nSPS) is 11.7. The summed E-state index contributed by atoms with van der Waals surface area (Å²) >= 11 is 1.36. The average molecular weight is 299 g/mol. The molecule has 110 valence electrons. The third-order valence-corrected chi connectivity index (χ3v) is 3.49. The highest BCUT2D eigenvalue weighted by Gasteiger charge is 2.16. The standard InChI is InChI=1S/C13H17NO5S/c1-18-9-3-5-10(6-4-9)20-8-12(15)14-7-11(19-2)13(16)17/h3-6,11H,7-8H2,1-2H3,(H,14,15)(H,16,17). The Kier molecular flexibility index (Phi) is 6.89. The van der Waals surface area contributed by atoms with Gasteiger partial charge in [0.05, 0.1) is 19.4 Å². The number of rotatable bonds is 8. The monoisotopic (exact) mass is 299 g/mol. The summed E-state index contributed by atoms with van der Waals surface area (Å²) in [7, 11) is 2.88. The summed E-state index contributed by atoms with van der Waals surface area (Å²) in [5, 5.41) is 11.3. The second kappa shape index (κ2) is 8.44. The third kappa shape index (κ3) is 5.50. The van der Waals surface area contributed by atoms with Gasteiger partial charge in [0.2, 0.25) is 5.91 Å². The molecular weight excluding hydrogens is 282 g/mol. The first kappa shape index (κ1) is 16.3. The van der Waals surface area contributed by atoms with E-state index in [2.05, 4.69) is 5.32 Å². The van der Waals surface area contributed by atoms with Gasteiger partial charge in [-0.25, -0.2) is 4.79 Å². The number of carboxylic acid groups (broad SMARTS) is 1. The third-order valence-electron chi connectivity index (χ3n) is 2.47. The number of carbonyl (C=O) groups excluding carboxylic acids is 1. The van der Waals surface area contributed by atoms with Gasteiger partial charge in [0.15, 0.2) is 6.10 Å². The molecule has 0 aliphatic rings. The quantitative estimate of drug-likeness (QED) is 0.697. The van der Waals surface area contributed by atoms with Crippen LogP contribution >= 0.6 is 11.8 Å². The molecule has 0 fully saturated rings. The van der Waals surface area contributed by atoms with Gasteiger partial charge in [0.1, 0.15) is 5.75 Å². The zero-order chi connectivity index (χ0) is 15.0. The average Bonchev–Trinajstić information content (AvgIpc) is 2.46. The summed E-state index contributed by atoms with van der Waals surface area (Å²) in [6.45, 7) is -0.0478. The molecule has 0 aromatic heterocycles. The first-order valence-corrected chi connectivity index (χ1v) is 6.84. The lowest BCUT2D eigenvalue weighted by atomic mass is 10.3. The fraction of sp³-hybridized carbons (Fsp3) is 0.385. The lowest BCUT2D eigenvalue weighted by Gasteiger charge is -2.11. The van der Waals surface area contributed by atoms with E-state index in [1.165, 1.54) is 18.9 Å². The fourth-order valence-corrected chi connectivity index (χ4v) is 2.08. The highest BCUT2D eigenvalue weighted by atomic mass is 32.2. The number of carboxylic acids is 1. The molecular formula is C13H17NO5S. The van der Waals surface area contributed by atoms with Crippen LogP contribution in [0.1, 0.15) is 0 Å². The molecule has 1 rings (SSSR count). The van der Waals surface area contributed by atoms with Crippen molar-refractivity contribution in [2.45, 2.75) is 11.0 Å². The van der Waals surface area contributed by atoms with Crippen molar-refractivity contribution >= 4 is 23.6 Å². The molecule has 0 aliphatic carbocycles. The van der Waals surface area contributed by atoms with E-state index in [9.17, 15) is 9.59 Å². The number of benzene rings is 1. The Morgan fingerprint density at radius 1 is 1.30 bits per heavy atom. The Labute approximate surface area is 121 Å². The van der Waals surface area contributed by atoms with Gasteiger partial charge in [0, 0.05) is 12.0 Å². The van der Waals surface area contributed by atoms with Crippen LogP contribution in [-0.2, 0) is 14.3 Å². The van der Waals surface area contributed by atoms with Crippen molar-refractivity contribution in [1.82, 2.24) is 5.32 Å². The molecule has 1 aromatic rings. The van der Waals surface area contributed by atoms with Gasteiger partial charge in [-0.3, -0.25) is 4.79 Å². The minimum atomic E-state index is -1.10. The highest BCUT2D eigenvalue weighted by molar-refractivity contribution is 8.00. The summed E-state index contributed by atoms with van der Waals surface area (Å²) in [4.78, 5) is 23.2. The topological polar surface area (TPSA) is 84.9 Å². The Balaban J connectivity index is 2.33. The minimum absolute atomic E-state index is 0.0478. The second-order valence-electron chi connectivity index (χ2n) is 3.83. The minimum Gasteiger partial charge on any atom is -0.497 e. The van der Waals surface area contributed by atoms with Crippen LogP contribution in [-0.4, -0.2) is 49.6 Å². The van der Waals surface area contributed by atoms with Gasteiger partial charge in [0.25, 0.3) is 0 Å². The van der Waals surface area contributed by atoms with Crippen LogP contribution in [0, 0.1) is 0 Å². The zero-order valence-corrected chi connectivity index (χ0v) is 12.1. The van der Waals surface area contributed by atoms with Crippen molar-refractivity contribution in [3.63, 3.8) is 0 Å². The Hall–Kier alpha value is -1.73. The van der Waals surface area contributed by atoms with Crippen molar-refractivity contribution in [2.75, 3.05) is 26.5 Å². The lowest BCUT2D eigenvalue weighted by molar-refractivity contribution is -0.148. The van der Waals surface area contributed by atoms with Crippen molar-refractivity contribution in [3.05, 3.63) is 24.3 Å². The van der Waals surface area contributed by atoms with Gasteiger partial charge in [-0.15, -0.1) is 11.8 Å². The number of hydrogen-bond acceptors (Lipinski definition) is 5. The maximum Gasteiger partial charge on any atom is 0.334 e. The number of methoxy groups -OCH3 is 2. The lowest BCUT2D eigenvalue weighted by Crippen LogP contribution is -2.38. The molecule has 1 amide bonds. The maximum absolute atomic E-state index is 11.6. The van der Waals surface area contributed by atoms with E-state index in [1.807, 2.05) is 24.3 Å². The predicted molar refractivity (Wildman–Crippen MR) is 75.2 cm³/mol. The first-order chi connectivity index (χ1) is 9.56. The van der Waals surface area contributed by atoms with E-state index in [0.29, 0.717) is 0 Å². The van der Waals surface area contributed by atoms with Crippen LogP contribution in [0.3, 0.4) is 0 Å². The Bertz CT molecular complexity index is 449. The Morgan fingerprint density at radius 2 is 1.95 bits per heavy atom. The molecule has 1 unspecified atom stereocenters. The van der Waals surface area contributed by atoms with Gasteiger partial charge >= 0.3 is 5.97 Å². The van der Waals surface area contributed by atoms with E-state index >= 15 is 0 Å². The van der Waals surface area contributed by atoms with E-state index in [0.717, 1.165) is 10.6 Å². The number of nitrogens with one attached hydrogen (secondary N) is 1. The van der Waals surface area contributed by atoms with E-state index in [4.69, 9.17) is 14.6 Å². The van der Waals surface area contributed by atoms with Gasteiger partial charge in [-0.1, -0.05) is 0 Å². The molecule has 7 heteroatoms. The van der Waals surface area contributed by atoms with E-state index in [1.54, 1.807) is 7.11 Å². The molecule has 0 saturated carbocycles. The molecule has 20 heavy (non-hydrogen) atoms. The number of thioether (sulfide) groups is 1. The molecule has 1 atom stereocenters. The summed E-state index contributed by atoms with van der Waals surface area (Å²) in [6.07, 6.45) is -1.02. The number of aliphatic carboxylic acids is 1. The molecule has 1 aromatic carbocycles. The second-order valence-corrected chi connectivity index (χ2v) is 4.88. The molecule has 0 spiro atoms. The SMILES string of the molecule is COc1ccc(SCC(=O)NCC(OC)C(=O)O)cc1.